The highest BCUT2D eigenvalue weighted by Crippen LogP contribution is 2.27. The van der Waals surface area contributed by atoms with E-state index < -0.39 is 5.97 Å². The second-order valence-electron chi connectivity index (χ2n) is 8.34. The Morgan fingerprint density at radius 3 is 2.62 bits per heavy atom. The second-order valence-corrected chi connectivity index (χ2v) is 9.33. The molecule has 3 heterocycles. The van der Waals surface area contributed by atoms with Crippen LogP contribution in [0.2, 0.25) is 0 Å². The number of esters is 1. The van der Waals surface area contributed by atoms with E-state index in [0.29, 0.717) is 20.7 Å². The van der Waals surface area contributed by atoms with Gasteiger partial charge in [0.05, 0.1) is 36.7 Å². The van der Waals surface area contributed by atoms with E-state index in [4.69, 9.17) is 14.6 Å². The van der Waals surface area contributed by atoms with E-state index in [1.54, 1.807) is 27.2 Å². The van der Waals surface area contributed by atoms with Gasteiger partial charge in [0.25, 0.3) is 5.56 Å². The zero-order chi connectivity index (χ0) is 25.9. The minimum atomic E-state index is -0.448. The van der Waals surface area contributed by atoms with Crippen molar-refractivity contribution in [3.8, 4) is 5.75 Å². The Labute approximate surface area is 217 Å². The third kappa shape index (κ3) is 4.88. The molecule has 0 unspecified atom stereocenters. The van der Waals surface area contributed by atoms with Crippen LogP contribution in [-0.2, 0) is 4.74 Å². The lowest BCUT2D eigenvalue weighted by Crippen LogP contribution is -2.17. The molecule has 0 saturated carbocycles. The molecule has 0 spiro atoms. The molecule has 2 aromatic carbocycles. The quantitative estimate of drug-likeness (QED) is 0.266. The molecule has 0 N–H and O–H groups in total. The molecule has 1 aliphatic rings. The average molecular weight is 516 g/mol. The van der Waals surface area contributed by atoms with E-state index in [1.165, 1.54) is 11.0 Å². The Bertz CT molecular complexity index is 1570. The van der Waals surface area contributed by atoms with Crippen molar-refractivity contribution in [3.05, 3.63) is 86.8 Å². The van der Waals surface area contributed by atoms with Crippen LogP contribution in [-0.4, -0.2) is 47.8 Å². The smallest absolute Gasteiger partial charge is 0.348 e. The van der Waals surface area contributed by atoms with Gasteiger partial charge in [0, 0.05) is 13.0 Å². The fourth-order valence-corrected chi connectivity index (χ4v) is 5.11. The van der Waals surface area contributed by atoms with E-state index in [1.807, 2.05) is 53.5 Å². The molecule has 10 heteroatoms. The molecule has 9 nitrogen and oxygen atoms in total. The lowest BCUT2D eigenvalue weighted by molar-refractivity contribution is 0.0531. The second kappa shape index (κ2) is 10.4. The number of ether oxygens (including phenoxy) is 2. The van der Waals surface area contributed by atoms with Crippen LogP contribution in [0.3, 0.4) is 0 Å². The lowest BCUT2D eigenvalue weighted by Gasteiger charge is -2.13. The Morgan fingerprint density at radius 2 is 1.92 bits per heavy atom. The fourth-order valence-electron chi connectivity index (χ4n) is 4.08. The van der Waals surface area contributed by atoms with E-state index >= 15 is 0 Å². The number of thiophene rings is 1. The van der Waals surface area contributed by atoms with Gasteiger partial charge in [-0.1, -0.05) is 12.1 Å². The zero-order valence-electron chi connectivity index (χ0n) is 20.7. The van der Waals surface area contributed by atoms with Crippen molar-refractivity contribution in [1.82, 2.24) is 9.66 Å². The Balaban J connectivity index is 1.32. The van der Waals surface area contributed by atoms with Crippen molar-refractivity contribution in [2.75, 3.05) is 25.3 Å². The molecular weight excluding hydrogens is 490 g/mol. The third-order valence-electron chi connectivity index (χ3n) is 6.04. The number of hydrazone groups is 1. The van der Waals surface area contributed by atoms with Crippen molar-refractivity contribution in [3.63, 3.8) is 0 Å². The number of aromatic nitrogens is 2. The minimum Gasteiger partial charge on any atom is -0.497 e. The highest BCUT2D eigenvalue weighted by atomic mass is 32.1. The van der Waals surface area contributed by atoms with Crippen molar-refractivity contribution < 1.29 is 14.3 Å². The van der Waals surface area contributed by atoms with E-state index in [9.17, 15) is 9.59 Å². The monoisotopic (exact) mass is 515 g/mol. The number of carbonyl (C=O) groups is 1. The van der Waals surface area contributed by atoms with Gasteiger partial charge in [-0.15, -0.1) is 11.3 Å². The predicted octanol–water partition coefficient (Wildman–Crippen LogP) is 4.45. The van der Waals surface area contributed by atoms with Gasteiger partial charge >= 0.3 is 5.97 Å². The zero-order valence-corrected chi connectivity index (χ0v) is 21.5. The number of hydrogen-bond donors (Lipinski definition) is 0. The first-order valence-corrected chi connectivity index (χ1v) is 12.6. The molecule has 37 heavy (non-hydrogen) atoms. The summed E-state index contributed by atoms with van der Waals surface area (Å²) in [5, 5.41) is 11.4. The molecule has 1 aliphatic heterocycles. The third-order valence-corrected chi connectivity index (χ3v) is 7.22. The number of anilines is 1. The van der Waals surface area contributed by atoms with Gasteiger partial charge in [0.15, 0.2) is 0 Å². The van der Waals surface area contributed by atoms with Crippen LogP contribution in [0, 0.1) is 6.92 Å². The van der Waals surface area contributed by atoms with Crippen molar-refractivity contribution in [2.45, 2.75) is 20.3 Å². The number of carbonyl (C=O) groups excluding carboxylic acids is 1. The van der Waals surface area contributed by atoms with Crippen molar-refractivity contribution >= 4 is 45.1 Å². The van der Waals surface area contributed by atoms with Crippen LogP contribution in [0.5, 0.6) is 5.75 Å². The van der Waals surface area contributed by atoms with Gasteiger partial charge in [-0.05, 0) is 66.9 Å². The number of nitrogens with zero attached hydrogens (tertiary/aromatic N) is 5. The molecule has 2 aromatic heterocycles. The maximum absolute atomic E-state index is 13.0. The summed E-state index contributed by atoms with van der Waals surface area (Å²) in [7, 11) is 1.65. The Morgan fingerprint density at radius 1 is 1.16 bits per heavy atom. The van der Waals surface area contributed by atoms with Crippen LogP contribution in [0.4, 0.5) is 5.69 Å². The normalized spacial score (nSPS) is 13.4. The van der Waals surface area contributed by atoms with Gasteiger partial charge < -0.3 is 9.47 Å². The number of methoxy groups -OCH3 is 1. The van der Waals surface area contributed by atoms with Gasteiger partial charge in [-0.2, -0.15) is 14.9 Å². The SMILES string of the molecule is CCOC(=O)c1sc2ncn(/N=C\c3ccc(N4CCC(c5ccc(OC)cc5)=N4)cc3)c(=O)c2c1C. The topological polar surface area (TPSA) is 98.4 Å². The summed E-state index contributed by atoms with van der Waals surface area (Å²) >= 11 is 1.15. The Kier molecular flexibility index (Phi) is 6.82. The summed E-state index contributed by atoms with van der Waals surface area (Å²) in [4.78, 5) is 30.4. The van der Waals surface area contributed by atoms with Crippen LogP contribution in [0.25, 0.3) is 10.2 Å². The van der Waals surface area contributed by atoms with E-state index in [2.05, 4.69) is 10.1 Å². The number of fused-ring (bicyclic) bond motifs is 1. The molecule has 0 atom stereocenters. The molecule has 0 radical (unpaired) electrons. The predicted molar refractivity (Wildman–Crippen MR) is 146 cm³/mol. The largest absolute Gasteiger partial charge is 0.497 e. The molecule has 0 bridgehead atoms. The standard InChI is InChI=1S/C27H25N5O4S/c1-4-36-27(34)24-17(2)23-25(37-24)28-16-32(26(23)33)29-15-18-5-9-20(10-6-18)31-14-13-22(30-31)19-7-11-21(35-3)12-8-19/h5-12,15-16H,4,13-14H2,1-3H3/b29-15-. The van der Waals surface area contributed by atoms with Crippen molar-refractivity contribution in [1.29, 1.82) is 0 Å². The van der Waals surface area contributed by atoms with Crippen LogP contribution >= 0.6 is 11.3 Å². The van der Waals surface area contributed by atoms with Gasteiger partial charge in [0.1, 0.15) is 21.8 Å². The highest BCUT2D eigenvalue weighted by molar-refractivity contribution is 7.20. The molecule has 0 aliphatic carbocycles. The van der Waals surface area contributed by atoms with Gasteiger partial charge in [-0.25, -0.2) is 9.78 Å². The number of aryl methyl sites for hydroxylation is 1. The van der Waals surface area contributed by atoms with Crippen molar-refractivity contribution in [2.24, 2.45) is 10.2 Å². The van der Waals surface area contributed by atoms with Gasteiger partial charge in [0.2, 0.25) is 0 Å². The first-order chi connectivity index (χ1) is 18.0. The summed E-state index contributed by atoms with van der Waals surface area (Å²) in [6.07, 6.45) is 3.82. The first kappa shape index (κ1) is 24.4. The molecule has 5 rings (SSSR count). The van der Waals surface area contributed by atoms with Crippen LogP contribution in [0.1, 0.15) is 39.7 Å². The molecule has 188 valence electrons. The van der Waals surface area contributed by atoms with E-state index in [-0.39, 0.29) is 12.2 Å². The molecule has 0 amide bonds. The Hall–Kier alpha value is -4.31. The summed E-state index contributed by atoms with van der Waals surface area (Å²) in [6, 6.07) is 15.7. The number of rotatable bonds is 7. The lowest BCUT2D eigenvalue weighted by atomic mass is 10.1. The van der Waals surface area contributed by atoms with Crippen LogP contribution < -0.4 is 15.3 Å². The van der Waals surface area contributed by atoms with E-state index in [0.717, 1.165) is 52.6 Å². The van der Waals surface area contributed by atoms with Gasteiger partial charge in [-0.3, -0.25) is 9.80 Å². The summed E-state index contributed by atoms with van der Waals surface area (Å²) in [5.41, 5.74) is 4.14. The molecular formula is C27H25N5O4S. The molecule has 0 saturated heterocycles. The summed E-state index contributed by atoms with van der Waals surface area (Å²) in [5.74, 6) is 0.373. The number of benzene rings is 2. The molecule has 0 fully saturated rings. The van der Waals surface area contributed by atoms with Crippen LogP contribution in [0.15, 0.2) is 69.9 Å². The number of hydrogen-bond acceptors (Lipinski definition) is 9. The highest BCUT2D eigenvalue weighted by Gasteiger charge is 2.20. The fraction of sp³-hybridized carbons (Fsp3) is 0.222. The summed E-state index contributed by atoms with van der Waals surface area (Å²) < 4.78 is 11.5. The molecule has 4 aromatic rings. The summed E-state index contributed by atoms with van der Waals surface area (Å²) in [6.45, 7) is 4.53. The maximum Gasteiger partial charge on any atom is 0.348 e. The maximum atomic E-state index is 13.0. The minimum absolute atomic E-state index is 0.265. The first-order valence-electron chi connectivity index (χ1n) is 11.8. The average Bonchev–Trinajstić information content (AvgIpc) is 3.54.